The van der Waals surface area contributed by atoms with Crippen molar-refractivity contribution in [3.05, 3.63) is 59.2 Å². The highest BCUT2D eigenvalue weighted by Crippen LogP contribution is 2.37. The van der Waals surface area contributed by atoms with Crippen LogP contribution in [0.5, 0.6) is 0 Å². The Morgan fingerprint density at radius 3 is 2.74 bits per heavy atom. The topological polar surface area (TPSA) is 37.3 Å². The number of hydrogen-bond acceptors (Lipinski definition) is 3. The fourth-order valence-electron chi connectivity index (χ4n) is 2.27. The van der Waals surface area contributed by atoms with Crippen LogP contribution in [0.25, 0.3) is 0 Å². The lowest BCUT2D eigenvalue weighted by molar-refractivity contribution is 0.0990. The molecule has 19 heavy (non-hydrogen) atoms. The number of Topliss-reactive ketones (excluding diaryl/α,β-unsaturated/α-hetero) is 1. The molecule has 1 aliphatic rings. The summed E-state index contributed by atoms with van der Waals surface area (Å²) in [6.07, 6.45) is -0.101. The van der Waals surface area contributed by atoms with Crippen molar-refractivity contribution in [2.75, 3.05) is 0 Å². The van der Waals surface area contributed by atoms with Gasteiger partial charge < -0.3 is 5.11 Å². The summed E-state index contributed by atoms with van der Waals surface area (Å²) in [5.41, 5.74) is 2.66. The molecule has 2 aromatic rings. The molecule has 0 saturated heterocycles. The molecule has 0 saturated carbocycles. The van der Waals surface area contributed by atoms with Crippen LogP contribution < -0.4 is 0 Å². The van der Waals surface area contributed by atoms with E-state index in [9.17, 15) is 9.90 Å². The van der Waals surface area contributed by atoms with Gasteiger partial charge in [0.25, 0.3) is 0 Å². The summed E-state index contributed by atoms with van der Waals surface area (Å²) in [5.74, 6) is 0.143. The molecule has 1 aliphatic heterocycles. The van der Waals surface area contributed by atoms with Gasteiger partial charge in [0.2, 0.25) is 0 Å². The average molecular weight is 270 g/mol. The number of ketones is 1. The Bertz CT molecular complexity index is 647. The quantitative estimate of drug-likeness (QED) is 0.859. The summed E-state index contributed by atoms with van der Waals surface area (Å²) in [6, 6.07) is 13.6. The van der Waals surface area contributed by atoms with Crippen LogP contribution in [0.1, 0.15) is 34.5 Å². The van der Waals surface area contributed by atoms with Gasteiger partial charge in [-0.15, -0.1) is 0 Å². The minimum atomic E-state index is -0.504. The Morgan fingerprint density at radius 2 is 1.95 bits per heavy atom. The Morgan fingerprint density at radius 1 is 1.16 bits per heavy atom. The molecular weight excluding hydrogens is 256 g/mol. The van der Waals surface area contributed by atoms with E-state index in [1.165, 1.54) is 0 Å². The molecule has 2 nitrogen and oxygen atoms in total. The van der Waals surface area contributed by atoms with Gasteiger partial charge in [-0.25, -0.2) is 0 Å². The fourth-order valence-corrected chi connectivity index (χ4v) is 3.34. The lowest BCUT2D eigenvalue weighted by Gasteiger charge is -2.09. The van der Waals surface area contributed by atoms with E-state index in [-0.39, 0.29) is 5.78 Å². The molecule has 0 fully saturated rings. The molecule has 0 spiro atoms. The van der Waals surface area contributed by atoms with Gasteiger partial charge in [0.1, 0.15) is 0 Å². The SMILES string of the molecule is CC(O)c1ccc2c(c1)CC(=O)c1ccccc1S2. The molecule has 1 heterocycles. The summed E-state index contributed by atoms with van der Waals surface area (Å²) >= 11 is 1.63. The van der Waals surface area contributed by atoms with Gasteiger partial charge in [-0.05, 0) is 30.2 Å². The Balaban J connectivity index is 2.09. The largest absolute Gasteiger partial charge is 0.389 e. The smallest absolute Gasteiger partial charge is 0.168 e. The number of carbonyl (C=O) groups excluding carboxylic acids is 1. The maximum atomic E-state index is 12.3. The molecule has 0 aliphatic carbocycles. The molecule has 0 radical (unpaired) electrons. The van der Waals surface area contributed by atoms with Gasteiger partial charge in [-0.2, -0.15) is 0 Å². The first-order valence-electron chi connectivity index (χ1n) is 6.26. The second-order valence-corrected chi connectivity index (χ2v) is 5.83. The third-order valence-electron chi connectivity index (χ3n) is 3.33. The van der Waals surface area contributed by atoms with Gasteiger partial charge >= 0.3 is 0 Å². The van der Waals surface area contributed by atoms with E-state index in [2.05, 4.69) is 0 Å². The van der Waals surface area contributed by atoms with Gasteiger partial charge in [0.15, 0.2) is 5.78 Å². The highest BCUT2D eigenvalue weighted by atomic mass is 32.2. The number of aliphatic hydroxyl groups is 1. The maximum Gasteiger partial charge on any atom is 0.168 e. The van der Waals surface area contributed by atoms with E-state index in [0.717, 1.165) is 26.5 Å². The number of benzene rings is 2. The molecule has 0 amide bonds. The van der Waals surface area contributed by atoms with Crippen LogP contribution in [0.4, 0.5) is 0 Å². The van der Waals surface area contributed by atoms with Gasteiger partial charge in [0.05, 0.1) is 6.10 Å². The zero-order valence-corrected chi connectivity index (χ0v) is 11.4. The Labute approximate surface area is 116 Å². The van der Waals surface area contributed by atoms with Crippen LogP contribution in [-0.2, 0) is 6.42 Å². The predicted octanol–water partition coefficient (Wildman–Crippen LogP) is 3.63. The van der Waals surface area contributed by atoms with Gasteiger partial charge in [-0.3, -0.25) is 4.79 Å². The minimum absolute atomic E-state index is 0.143. The standard InChI is InChI=1S/C16H14O2S/c1-10(17)11-6-7-15-12(8-11)9-14(18)13-4-2-3-5-16(13)19-15/h2-8,10,17H,9H2,1H3. The minimum Gasteiger partial charge on any atom is -0.389 e. The van der Waals surface area contributed by atoms with Crippen molar-refractivity contribution in [3.8, 4) is 0 Å². The number of fused-ring (bicyclic) bond motifs is 2. The summed E-state index contributed by atoms with van der Waals surface area (Å²) in [4.78, 5) is 14.4. The monoisotopic (exact) mass is 270 g/mol. The van der Waals surface area contributed by atoms with Crippen molar-refractivity contribution in [1.82, 2.24) is 0 Å². The number of carbonyl (C=O) groups is 1. The second-order valence-electron chi connectivity index (χ2n) is 4.74. The second kappa shape index (κ2) is 4.83. The van der Waals surface area contributed by atoms with Crippen LogP contribution in [0.3, 0.4) is 0 Å². The highest BCUT2D eigenvalue weighted by Gasteiger charge is 2.20. The molecule has 3 rings (SSSR count). The van der Waals surface area contributed by atoms with E-state index < -0.39 is 6.10 Å². The van der Waals surface area contributed by atoms with Crippen molar-refractivity contribution in [3.63, 3.8) is 0 Å². The Hall–Kier alpha value is -1.58. The first-order valence-corrected chi connectivity index (χ1v) is 7.08. The number of aliphatic hydroxyl groups excluding tert-OH is 1. The van der Waals surface area contributed by atoms with Crippen LogP contribution in [-0.4, -0.2) is 10.9 Å². The predicted molar refractivity (Wildman–Crippen MR) is 75.7 cm³/mol. The molecule has 2 aromatic carbocycles. The summed E-state index contributed by atoms with van der Waals surface area (Å²) in [7, 11) is 0. The highest BCUT2D eigenvalue weighted by molar-refractivity contribution is 7.99. The molecule has 3 heteroatoms. The van der Waals surface area contributed by atoms with Crippen LogP contribution in [0.15, 0.2) is 52.3 Å². The van der Waals surface area contributed by atoms with Crippen molar-refractivity contribution in [1.29, 1.82) is 0 Å². The van der Waals surface area contributed by atoms with E-state index in [1.54, 1.807) is 18.7 Å². The molecule has 1 atom stereocenters. The molecule has 1 N–H and O–H groups in total. The molecule has 1 unspecified atom stereocenters. The van der Waals surface area contributed by atoms with E-state index in [1.807, 2.05) is 42.5 Å². The zero-order chi connectivity index (χ0) is 13.4. The van der Waals surface area contributed by atoms with Crippen LogP contribution in [0.2, 0.25) is 0 Å². The van der Waals surface area contributed by atoms with E-state index in [4.69, 9.17) is 0 Å². The van der Waals surface area contributed by atoms with Crippen LogP contribution in [0, 0.1) is 0 Å². The van der Waals surface area contributed by atoms with Gasteiger partial charge in [-0.1, -0.05) is 42.1 Å². The summed E-state index contributed by atoms with van der Waals surface area (Å²) < 4.78 is 0. The fraction of sp³-hybridized carbons (Fsp3) is 0.188. The van der Waals surface area contributed by atoms with E-state index >= 15 is 0 Å². The van der Waals surface area contributed by atoms with Crippen molar-refractivity contribution in [2.45, 2.75) is 29.2 Å². The average Bonchev–Trinajstić information content (AvgIpc) is 2.54. The molecule has 96 valence electrons. The lowest BCUT2D eigenvalue weighted by Crippen LogP contribution is -2.03. The molecule has 0 aromatic heterocycles. The third kappa shape index (κ3) is 2.31. The third-order valence-corrected chi connectivity index (χ3v) is 4.52. The first-order chi connectivity index (χ1) is 9.15. The molecular formula is C16H14O2S. The zero-order valence-electron chi connectivity index (χ0n) is 10.6. The van der Waals surface area contributed by atoms with Crippen LogP contribution >= 0.6 is 11.8 Å². The Kier molecular flexibility index (Phi) is 3.17. The van der Waals surface area contributed by atoms with Gasteiger partial charge in [0, 0.05) is 21.8 Å². The first kappa shape index (κ1) is 12.5. The summed E-state index contributed by atoms with van der Waals surface area (Å²) in [6.45, 7) is 1.74. The summed E-state index contributed by atoms with van der Waals surface area (Å²) in [5, 5.41) is 9.64. The number of rotatable bonds is 1. The lowest BCUT2D eigenvalue weighted by atomic mass is 10.00. The maximum absolute atomic E-state index is 12.3. The van der Waals surface area contributed by atoms with Crippen molar-refractivity contribution >= 4 is 17.5 Å². The number of hydrogen-bond donors (Lipinski definition) is 1. The normalized spacial score (nSPS) is 15.4. The van der Waals surface area contributed by atoms with E-state index in [0.29, 0.717) is 6.42 Å². The van der Waals surface area contributed by atoms with Crippen molar-refractivity contribution < 1.29 is 9.90 Å². The van der Waals surface area contributed by atoms with Crippen molar-refractivity contribution in [2.24, 2.45) is 0 Å². The molecule has 0 bridgehead atoms.